The minimum absolute atomic E-state index is 0.246. The van der Waals surface area contributed by atoms with Gasteiger partial charge in [-0.05, 0) is 22.5 Å². The maximum atomic E-state index is 3.62. The van der Waals surface area contributed by atoms with Crippen molar-refractivity contribution in [3.8, 4) is 0 Å². The second kappa shape index (κ2) is 6.28. The second-order valence-electron chi connectivity index (χ2n) is 7.49. The highest BCUT2D eigenvalue weighted by Crippen LogP contribution is 2.22. The van der Waals surface area contributed by atoms with E-state index in [0.29, 0.717) is 12.0 Å². The highest BCUT2D eigenvalue weighted by atomic mass is 15.2. The molecule has 1 heterocycles. The lowest BCUT2D eigenvalue weighted by molar-refractivity contribution is 0.168. The minimum Gasteiger partial charge on any atom is -0.311 e. The summed E-state index contributed by atoms with van der Waals surface area (Å²) < 4.78 is 0. The van der Waals surface area contributed by atoms with Crippen molar-refractivity contribution in [1.82, 2.24) is 10.2 Å². The number of hydrogen-bond donors (Lipinski definition) is 1. The van der Waals surface area contributed by atoms with Gasteiger partial charge in [-0.1, -0.05) is 58.9 Å². The molecule has 0 radical (unpaired) electrons. The van der Waals surface area contributed by atoms with Gasteiger partial charge in [0.15, 0.2) is 0 Å². The molecule has 1 N–H and O–H groups in total. The van der Waals surface area contributed by atoms with E-state index in [-0.39, 0.29) is 5.41 Å². The Morgan fingerprint density at radius 1 is 1.20 bits per heavy atom. The molecular weight excluding hydrogens is 244 g/mol. The van der Waals surface area contributed by atoms with Crippen LogP contribution in [-0.2, 0) is 12.0 Å². The standard InChI is InChI=1S/C18H30N2/c1-14(2)17-13-20(11-10-19-17)12-15-6-8-16(9-7-15)18(3,4)5/h6-9,14,17,19H,10-13H2,1-5H3. The van der Waals surface area contributed by atoms with Crippen molar-refractivity contribution < 1.29 is 0 Å². The predicted molar refractivity (Wildman–Crippen MR) is 87.0 cm³/mol. The van der Waals surface area contributed by atoms with Crippen LogP contribution >= 0.6 is 0 Å². The normalized spacial score (nSPS) is 21.4. The van der Waals surface area contributed by atoms with E-state index in [0.717, 1.165) is 19.6 Å². The summed E-state index contributed by atoms with van der Waals surface area (Å²) in [5, 5.41) is 3.62. The third kappa shape index (κ3) is 4.07. The summed E-state index contributed by atoms with van der Waals surface area (Å²) in [5.74, 6) is 0.709. The molecule has 1 saturated heterocycles. The number of nitrogens with zero attached hydrogens (tertiary/aromatic N) is 1. The molecule has 20 heavy (non-hydrogen) atoms. The molecule has 0 bridgehead atoms. The molecule has 0 aromatic heterocycles. The van der Waals surface area contributed by atoms with Crippen molar-refractivity contribution in [2.24, 2.45) is 5.92 Å². The summed E-state index contributed by atoms with van der Waals surface area (Å²) in [4.78, 5) is 2.58. The molecule has 1 aromatic rings. The summed E-state index contributed by atoms with van der Waals surface area (Å²) in [6.45, 7) is 15.9. The van der Waals surface area contributed by atoms with E-state index in [4.69, 9.17) is 0 Å². The fourth-order valence-electron chi connectivity index (χ4n) is 2.80. The molecular formula is C18H30N2. The van der Waals surface area contributed by atoms with Crippen molar-refractivity contribution in [1.29, 1.82) is 0 Å². The monoisotopic (exact) mass is 274 g/mol. The Kier molecular flexibility index (Phi) is 4.87. The lowest BCUT2D eigenvalue weighted by Crippen LogP contribution is -2.52. The van der Waals surface area contributed by atoms with Gasteiger partial charge in [0.05, 0.1) is 0 Å². The Hall–Kier alpha value is -0.860. The van der Waals surface area contributed by atoms with E-state index in [9.17, 15) is 0 Å². The van der Waals surface area contributed by atoms with Crippen LogP contribution < -0.4 is 5.32 Å². The topological polar surface area (TPSA) is 15.3 Å². The highest BCUT2D eigenvalue weighted by molar-refractivity contribution is 5.27. The molecule has 1 aliphatic rings. The van der Waals surface area contributed by atoms with Crippen LogP contribution in [0.15, 0.2) is 24.3 Å². The quantitative estimate of drug-likeness (QED) is 0.908. The summed E-state index contributed by atoms with van der Waals surface area (Å²) in [5.41, 5.74) is 3.10. The van der Waals surface area contributed by atoms with Crippen LogP contribution in [0.3, 0.4) is 0 Å². The van der Waals surface area contributed by atoms with Gasteiger partial charge in [0.25, 0.3) is 0 Å². The largest absolute Gasteiger partial charge is 0.311 e. The fourth-order valence-corrected chi connectivity index (χ4v) is 2.80. The third-order valence-corrected chi connectivity index (χ3v) is 4.32. The zero-order valence-corrected chi connectivity index (χ0v) is 13.7. The van der Waals surface area contributed by atoms with Crippen molar-refractivity contribution >= 4 is 0 Å². The average Bonchev–Trinajstić information content (AvgIpc) is 2.38. The fraction of sp³-hybridized carbons (Fsp3) is 0.667. The zero-order valence-electron chi connectivity index (χ0n) is 13.7. The highest BCUT2D eigenvalue weighted by Gasteiger charge is 2.21. The number of hydrogen-bond acceptors (Lipinski definition) is 2. The molecule has 1 aliphatic heterocycles. The van der Waals surface area contributed by atoms with E-state index in [1.165, 1.54) is 17.7 Å². The van der Waals surface area contributed by atoms with Crippen LogP contribution in [0.25, 0.3) is 0 Å². The van der Waals surface area contributed by atoms with Crippen LogP contribution in [0.4, 0.5) is 0 Å². The molecule has 1 unspecified atom stereocenters. The molecule has 0 amide bonds. The smallest absolute Gasteiger partial charge is 0.0234 e. The van der Waals surface area contributed by atoms with Crippen LogP contribution in [0.5, 0.6) is 0 Å². The van der Waals surface area contributed by atoms with Gasteiger partial charge in [0.1, 0.15) is 0 Å². The van der Waals surface area contributed by atoms with Gasteiger partial charge >= 0.3 is 0 Å². The Labute approximate surface area is 124 Å². The Morgan fingerprint density at radius 3 is 2.40 bits per heavy atom. The first-order valence-corrected chi connectivity index (χ1v) is 7.91. The van der Waals surface area contributed by atoms with Crippen molar-refractivity contribution in [2.75, 3.05) is 19.6 Å². The first-order valence-electron chi connectivity index (χ1n) is 7.91. The van der Waals surface area contributed by atoms with Gasteiger partial charge in [-0.3, -0.25) is 4.90 Å². The molecule has 2 rings (SSSR count). The van der Waals surface area contributed by atoms with Crippen LogP contribution in [0.2, 0.25) is 0 Å². The Bertz CT molecular complexity index is 414. The van der Waals surface area contributed by atoms with Gasteiger partial charge in [0.2, 0.25) is 0 Å². The molecule has 1 aromatic carbocycles. The van der Waals surface area contributed by atoms with Gasteiger partial charge in [-0.2, -0.15) is 0 Å². The third-order valence-electron chi connectivity index (χ3n) is 4.32. The maximum Gasteiger partial charge on any atom is 0.0234 e. The first-order chi connectivity index (χ1) is 9.36. The summed E-state index contributed by atoms with van der Waals surface area (Å²) in [6.07, 6.45) is 0. The molecule has 2 nitrogen and oxygen atoms in total. The van der Waals surface area contributed by atoms with Gasteiger partial charge in [-0.15, -0.1) is 0 Å². The molecule has 112 valence electrons. The Morgan fingerprint density at radius 2 is 1.85 bits per heavy atom. The van der Waals surface area contributed by atoms with E-state index in [1.807, 2.05) is 0 Å². The molecule has 2 heteroatoms. The van der Waals surface area contributed by atoms with Crippen molar-refractivity contribution in [2.45, 2.75) is 52.6 Å². The van der Waals surface area contributed by atoms with Crippen LogP contribution in [-0.4, -0.2) is 30.6 Å². The van der Waals surface area contributed by atoms with Gasteiger partial charge < -0.3 is 5.32 Å². The lowest BCUT2D eigenvalue weighted by Gasteiger charge is -2.35. The maximum absolute atomic E-state index is 3.62. The summed E-state index contributed by atoms with van der Waals surface area (Å²) >= 11 is 0. The summed E-state index contributed by atoms with van der Waals surface area (Å²) in [6, 6.07) is 9.81. The number of benzene rings is 1. The number of rotatable bonds is 3. The molecule has 0 spiro atoms. The van der Waals surface area contributed by atoms with Gasteiger partial charge in [0, 0.05) is 32.2 Å². The molecule has 0 aliphatic carbocycles. The van der Waals surface area contributed by atoms with E-state index >= 15 is 0 Å². The Balaban J connectivity index is 1.96. The zero-order chi connectivity index (χ0) is 14.8. The lowest BCUT2D eigenvalue weighted by atomic mass is 9.86. The minimum atomic E-state index is 0.246. The molecule has 0 saturated carbocycles. The van der Waals surface area contributed by atoms with Crippen LogP contribution in [0.1, 0.15) is 45.7 Å². The van der Waals surface area contributed by atoms with Crippen molar-refractivity contribution in [3.63, 3.8) is 0 Å². The molecule has 1 atom stereocenters. The predicted octanol–water partition coefficient (Wildman–Crippen LogP) is 3.41. The number of piperazine rings is 1. The number of nitrogens with one attached hydrogen (secondary N) is 1. The van der Waals surface area contributed by atoms with E-state index < -0.39 is 0 Å². The van der Waals surface area contributed by atoms with Crippen molar-refractivity contribution in [3.05, 3.63) is 35.4 Å². The van der Waals surface area contributed by atoms with Gasteiger partial charge in [-0.25, -0.2) is 0 Å². The van der Waals surface area contributed by atoms with Crippen LogP contribution in [0, 0.1) is 5.92 Å². The first kappa shape index (κ1) is 15.5. The average molecular weight is 274 g/mol. The SMILES string of the molecule is CC(C)C1CN(Cc2ccc(C(C)(C)C)cc2)CCN1. The van der Waals surface area contributed by atoms with E-state index in [2.05, 4.69) is 69.1 Å². The molecule has 1 fully saturated rings. The second-order valence-corrected chi connectivity index (χ2v) is 7.49. The van der Waals surface area contributed by atoms with E-state index in [1.54, 1.807) is 0 Å². The summed E-state index contributed by atoms with van der Waals surface area (Å²) in [7, 11) is 0.